The number of piperidine rings is 1. The number of aromatic nitrogens is 4. The molecule has 1 fully saturated rings. The summed E-state index contributed by atoms with van der Waals surface area (Å²) in [5.41, 5.74) is 3.70. The molecule has 5 rings (SSSR count). The summed E-state index contributed by atoms with van der Waals surface area (Å²) in [7, 11) is 0. The molecule has 0 spiro atoms. The van der Waals surface area contributed by atoms with E-state index in [1.807, 2.05) is 48.7 Å². The lowest BCUT2D eigenvalue weighted by Crippen LogP contribution is -2.43. The van der Waals surface area contributed by atoms with Gasteiger partial charge in [0.2, 0.25) is 5.91 Å². The molecular weight excluding hydrogens is 490 g/mol. The summed E-state index contributed by atoms with van der Waals surface area (Å²) in [5, 5.41) is 6.53. The van der Waals surface area contributed by atoms with Gasteiger partial charge in [0.1, 0.15) is 5.69 Å². The van der Waals surface area contributed by atoms with Crippen molar-refractivity contribution >= 4 is 28.2 Å². The Balaban J connectivity index is 1.45. The van der Waals surface area contributed by atoms with Crippen LogP contribution in [0.2, 0.25) is 0 Å². The number of hydrogen-bond acceptors (Lipinski definition) is 7. The van der Waals surface area contributed by atoms with E-state index in [0.29, 0.717) is 53.7 Å². The number of aryl methyl sites for hydroxylation is 2. The van der Waals surface area contributed by atoms with Gasteiger partial charge in [0, 0.05) is 29.9 Å². The van der Waals surface area contributed by atoms with E-state index < -0.39 is 0 Å². The minimum Gasteiger partial charge on any atom is -0.466 e. The minimum absolute atomic E-state index is 0.0527. The summed E-state index contributed by atoms with van der Waals surface area (Å²) >= 11 is 1.33. The maximum Gasteiger partial charge on any atom is 0.310 e. The molecule has 4 aromatic rings. The van der Waals surface area contributed by atoms with E-state index in [4.69, 9.17) is 9.84 Å². The summed E-state index contributed by atoms with van der Waals surface area (Å²) < 4.78 is 8.48. The zero-order valence-corrected chi connectivity index (χ0v) is 22.0. The Hall–Kier alpha value is -3.79. The molecule has 10 heteroatoms. The van der Waals surface area contributed by atoms with Crippen molar-refractivity contribution < 1.29 is 14.3 Å². The van der Waals surface area contributed by atoms with E-state index in [9.17, 15) is 14.4 Å². The van der Waals surface area contributed by atoms with Gasteiger partial charge < -0.3 is 9.64 Å². The number of amides is 1. The fraction of sp³-hybridized carbons (Fsp3) is 0.370. The molecule has 3 aromatic heterocycles. The van der Waals surface area contributed by atoms with Gasteiger partial charge in [-0.1, -0.05) is 18.2 Å². The highest BCUT2D eigenvalue weighted by Gasteiger charge is 2.30. The van der Waals surface area contributed by atoms with Crippen LogP contribution in [0.15, 0.2) is 46.6 Å². The number of esters is 1. The van der Waals surface area contributed by atoms with Gasteiger partial charge in [-0.05, 0) is 51.8 Å². The first-order chi connectivity index (χ1) is 17.9. The van der Waals surface area contributed by atoms with Crippen LogP contribution < -0.4 is 5.56 Å². The molecule has 4 heterocycles. The van der Waals surface area contributed by atoms with Crippen molar-refractivity contribution in [1.29, 1.82) is 0 Å². The van der Waals surface area contributed by atoms with Gasteiger partial charge in [-0.15, -0.1) is 11.3 Å². The third-order valence-corrected chi connectivity index (χ3v) is 7.57. The SMILES string of the molecule is CCOC(=O)[C@@H]1CCCN(C(=O)Cc2csc3nc(C)c(-c4cc(C)n(-c5ccccc5)n4)c(=O)n23)C1. The maximum absolute atomic E-state index is 13.8. The van der Waals surface area contributed by atoms with E-state index in [-0.39, 0.29) is 29.8 Å². The number of fused-ring (bicyclic) bond motifs is 1. The molecule has 1 atom stereocenters. The molecule has 0 N–H and O–H groups in total. The minimum atomic E-state index is -0.307. The largest absolute Gasteiger partial charge is 0.466 e. The highest BCUT2D eigenvalue weighted by molar-refractivity contribution is 7.15. The van der Waals surface area contributed by atoms with E-state index in [1.165, 1.54) is 15.7 Å². The molecule has 1 aliphatic rings. The molecule has 9 nitrogen and oxygen atoms in total. The van der Waals surface area contributed by atoms with Crippen LogP contribution in [0, 0.1) is 19.8 Å². The first-order valence-corrected chi connectivity index (χ1v) is 13.3. The lowest BCUT2D eigenvalue weighted by molar-refractivity contribution is -0.151. The van der Waals surface area contributed by atoms with E-state index in [2.05, 4.69) is 4.98 Å². The summed E-state index contributed by atoms with van der Waals surface area (Å²) in [5.74, 6) is -0.683. The van der Waals surface area contributed by atoms with Crippen molar-refractivity contribution in [2.24, 2.45) is 5.92 Å². The Morgan fingerprint density at radius 1 is 1.19 bits per heavy atom. The monoisotopic (exact) mass is 519 g/mol. The number of hydrogen-bond donors (Lipinski definition) is 0. The Bertz CT molecular complexity index is 1520. The topological polar surface area (TPSA) is 98.8 Å². The average Bonchev–Trinajstić information content (AvgIpc) is 3.47. The van der Waals surface area contributed by atoms with Crippen LogP contribution in [-0.4, -0.2) is 55.6 Å². The summed E-state index contributed by atoms with van der Waals surface area (Å²) in [6.07, 6.45) is 1.51. The fourth-order valence-electron chi connectivity index (χ4n) is 4.87. The first kappa shape index (κ1) is 24.9. The molecule has 1 saturated heterocycles. The number of likely N-dealkylation sites (tertiary alicyclic amines) is 1. The third-order valence-electron chi connectivity index (χ3n) is 6.69. The molecule has 0 aliphatic carbocycles. The predicted molar refractivity (Wildman–Crippen MR) is 141 cm³/mol. The zero-order valence-electron chi connectivity index (χ0n) is 21.1. The van der Waals surface area contributed by atoms with Crippen molar-refractivity contribution in [1.82, 2.24) is 24.1 Å². The van der Waals surface area contributed by atoms with Crippen LogP contribution in [0.25, 0.3) is 21.9 Å². The molecule has 1 amide bonds. The maximum atomic E-state index is 13.8. The highest BCUT2D eigenvalue weighted by atomic mass is 32.1. The quantitative estimate of drug-likeness (QED) is 0.361. The van der Waals surface area contributed by atoms with Crippen LogP contribution in [0.5, 0.6) is 0 Å². The Kier molecular flexibility index (Phi) is 6.92. The van der Waals surface area contributed by atoms with E-state index in [0.717, 1.165) is 17.8 Å². The third kappa shape index (κ3) is 4.81. The van der Waals surface area contributed by atoms with Crippen molar-refractivity contribution in [2.45, 2.75) is 40.0 Å². The lowest BCUT2D eigenvalue weighted by atomic mass is 9.98. The second kappa shape index (κ2) is 10.3. The number of rotatable bonds is 6. The summed E-state index contributed by atoms with van der Waals surface area (Å²) in [6, 6.07) is 11.6. The average molecular weight is 520 g/mol. The van der Waals surface area contributed by atoms with E-state index >= 15 is 0 Å². The van der Waals surface area contributed by atoms with Gasteiger partial charge in [-0.25, -0.2) is 9.67 Å². The molecule has 0 radical (unpaired) electrons. The van der Waals surface area contributed by atoms with Crippen LogP contribution >= 0.6 is 11.3 Å². The first-order valence-electron chi connectivity index (χ1n) is 12.4. The number of ether oxygens (including phenoxy) is 1. The summed E-state index contributed by atoms with van der Waals surface area (Å²) in [4.78, 5) is 46.1. The Labute approximate surface area is 218 Å². The van der Waals surface area contributed by atoms with Crippen molar-refractivity contribution in [2.75, 3.05) is 19.7 Å². The molecule has 1 aliphatic heterocycles. The zero-order chi connectivity index (χ0) is 26.1. The number of carbonyl (C=O) groups is 2. The van der Waals surface area contributed by atoms with E-state index in [1.54, 1.807) is 23.4 Å². The second-order valence-electron chi connectivity index (χ2n) is 9.25. The lowest BCUT2D eigenvalue weighted by Gasteiger charge is -2.31. The van der Waals surface area contributed by atoms with Crippen molar-refractivity contribution in [3.8, 4) is 16.9 Å². The van der Waals surface area contributed by atoms with Crippen LogP contribution in [0.4, 0.5) is 0 Å². The standard InChI is InChI=1S/C27H29N5O4S/c1-4-36-26(35)19-9-8-12-30(15-19)23(33)14-21-16-37-27-28-18(3)24(25(34)31(21)27)22-13-17(2)32(29-22)20-10-6-5-7-11-20/h5-7,10-11,13,16,19H,4,8-9,12,14-15H2,1-3H3/t19-/m1/s1. The van der Waals surface area contributed by atoms with Gasteiger partial charge in [-0.2, -0.15) is 5.10 Å². The van der Waals surface area contributed by atoms with Crippen LogP contribution in [0.1, 0.15) is 36.8 Å². The van der Waals surface area contributed by atoms with Gasteiger partial charge >= 0.3 is 5.97 Å². The number of thiazole rings is 1. The second-order valence-corrected chi connectivity index (χ2v) is 10.1. The molecular formula is C27H29N5O4S. The van der Waals surface area contributed by atoms with Crippen LogP contribution in [0.3, 0.4) is 0 Å². The molecule has 0 saturated carbocycles. The van der Waals surface area contributed by atoms with Gasteiger partial charge in [-0.3, -0.25) is 18.8 Å². The number of benzene rings is 1. The van der Waals surface area contributed by atoms with Crippen molar-refractivity contribution in [3.63, 3.8) is 0 Å². The number of carbonyl (C=O) groups excluding carboxylic acids is 2. The number of nitrogens with zero attached hydrogens (tertiary/aromatic N) is 5. The predicted octanol–water partition coefficient (Wildman–Crippen LogP) is 3.57. The molecule has 1 aromatic carbocycles. The van der Waals surface area contributed by atoms with Gasteiger partial charge in [0.25, 0.3) is 5.56 Å². The van der Waals surface area contributed by atoms with Crippen molar-refractivity contribution in [3.05, 3.63) is 69.2 Å². The Morgan fingerprint density at radius 2 is 1.97 bits per heavy atom. The molecule has 0 unspecified atom stereocenters. The Morgan fingerprint density at radius 3 is 2.73 bits per heavy atom. The normalized spacial score (nSPS) is 15.8. The highest BCUT2D eigenvalue weighted by Crippen LogP contribution is 2.24. The summed E-state index contributed by atoms with van der Waals surface area (Å²) in [6.45, 7) is 6.78. The van der Waals surface area contributed by atoms with Gasteiger partial charge in [0.15, 0.2) is 4.96 Å². The van der Waals surface area contributed by atoms with Crippen LogP contribution in [-0.2, 0) is 20.7 Å². The van der Waals surface area contributed by atoms with Gasteiger partial charge in [0.05, 0.1) is 35.9 Å². The molecule has 37 heavy (non-hydrogen) atoms. The number of para-hydroxylation sites is 1. The molecule has 0 bridgehead atoms. The fourth-order valence-corrected chi connectivity index (χ4v) is 5.80. The smallest absolute Gasteiger partial charge is 0.310 e. The molecule has 192 valence electrons.